The molecular formula is C32H33F11O2. The first-order valence-corrected chi connectivity index (χ1v) is 14.8. The summed E-state index contributed by atoms with van der Waals surface area (Å²) in [4.78, 5) is 0. The van der Waals surface area contributed by atoms with Gasteiger partial charge in [-0.2, -0.15) is 30.7 Å². The second kappa shape index (κ2) is 13.8. The zero-order valence-corrected chi connectivity index (χ0v) is 24.3. The van der Waals surface area contributed by atoms with Crippen LogP contribution in [0.4, 0.5) is 48.3 Å². The van der Waals surface area contributed by atoms with E-state index in [4.69, 9.17) is 0 Å². The van der Waals surface area contributed by atoms with Crippen molar-refractivity contribution in [3.8, 4) is 11.5 Å². The molecule has 0 N–H and O–H groups in total. The Balaban J connectivity index is 1.37. The van der Waals surface area contributed by atoms with Crippen LogP contribution in [0.2, 0.25) is 0 Å². The monoisotopic (exact) mass is 658 g/mol. The highest BCUT2D eigenvalue weighted by atomic mass is 19.4. The Kier molecular flexibility index (Phi) is 10.7. The lowest BCUT2D eigenvalue weighted by Gasteiger charge is -2.39. The zero-order valence-electron chi connectivity index (χ0n) is 24.3. The number of halogens is 11. The molecule has 2 fully saturated rings. The van der Waals surface area contributed by atoms with E-state index in [1.807, 2.05) is 13.0 Å². The van der Waals surface area contributed by atoms with Crippen LogP contribution in [0, 0.1) is 46.9 Å². The van der Waals surface area contributed by atoms with Crippen molar-refractivity contribution in [2.75, 3.05) is 0 Å². The number of hydrogen-bond acceptors (Lipinski definition) is 2. The molecule has 2 aliphatic rings. The lowest BCUT2D eigenvalue weighted by Crippen LogP contribution is -2.38. The van der Waals surface area contributed by atoms with Gasteiger partial charge in [-0.3, -0.25) is 0 Å². The van der Waals surface area contributed by atoms with Crippen molar-refractivity contribution in [2.24, 2.45) is 23.7 Å². The molecule has 2 aliphatic carbocycles. The molecule has 13 heteroatoms. The zero-order chi connectivity index (χ0) is 33.2. The fourth-order valence-electron chi connectivity index (χ4n) is 6.58. The molecule has 0 radical (unpaired) electrons. The van der Waals surface area contributed by atoms with Crippen LogP contribution in [-0.4, -0.2) is 6.11 Å². The van der Waals surface area contributed by atoms with Crippen molar-refractivity contribution < 1.29 is 57.8 Å². The summed E-state index contributed by atoms with van der Waals surface area (Å²) in [6.45, 7) is 1.99. The van der Waals surface area contributed by atoms with Crippen LogP contribution in [0.15, 0.2) is 36.4 Å². The van der Waals surface area contributed by atoms with Crippen LogP contribution in [-0.2, 0) is 12.3 Å². The van der Waals surface area contributed by atoms with Crippen LogP contribution >= 0.6 is 0 Å². The van der Waals surface area contributed by atoms with Gasteiger partial charge >= 0.3 is 18.4 Å². The third-order valence-corrected chi connectivity index (χ3v) is 8.89. The molecule has 2 saturated carbocycles. The second-order valence-corrected chi connectivity index (χ2v) is 11.8. The van der Waals surface area contributed by atoms with Crippen molar-refractivity contribution in [2.45, 2.75) is 89.5 Å². The Morgan fingerprint density at radius 2 is 1.09 bits per heavy atom. The van der Waals surface area contributed by atoms with Gasteiger partial charge < -0.3 is 9.47 Å². The van der Waals surface area contributed by atoms with Crippen molar-refractivity contribution >= 4 is 0 Å². The highest BCUT2D eigenvalue weighted by Crippen LogP contribution is 2.47. The molecule has 0 aliphatic heterocycles. The molecule has 0 heterocycles. The summed E-state index contributed by atoms with van der Waals surface area (Å²) < 4.78 is 163. The average molecular weight is 659 g/mol. The van der Waals surface area contributed by atoms with Crippen molar-refractivity contribution in [3.05, 3.63) is 70.8 Å². The van der Waals surface area contributed by atoms with E-state index in [1.54, 1.807) is 0 Å². The summed E-state index contributed by atoms with van der Waals surface area (Å²) in [5.74, 6) is -11.3. The summed E-state index contributed by atoms with van der Waals surface area (Å²) in [6.07, 6.45) is -2.44. The standard InChI is InChI=1S/C32H33F11O2/c1-2-3-4-5-18-6-8-19(9-7-18)20-10-12-21(13-11-20)31(40,41)44-22-16-26(35)29(27(36)17-22)32(42,43)45-23-14-24(33)28(25(34)15-23)30(37,38)39/h2-3,14-21H,4-13H2,1H3. The molecule has 45 heavy (non-hydrogen) atoms. The molecule has 250 valence electrons. The van der Waals surface area contributed by atoms with E-state index >= 15 is 8.78 Å². The Morgan fingerprint density at radius 3 is 1.56 bits per heavy atom. The molecule has 0 amide bonds. The van der Waals surface area contributed by atoms with Gasteiger partial charge in [0, 0.05) is 24.3 Å². The molecule has 2 aromatic carbocycles. The first-order valence-electron chi connectivity index (χ1n) is 14.8. The van der Waals surface area contributed by atoms with Gasteiger partial charge in [-0.1, -0.05) is 25.0 Å². The average Bonchev–Trinajstić information content (AvgIpc) is 2.91. The molecule has 2 aromatic rings. The lowest BCUT2D eigenvalue weighted by molar-refractivity contribution is -0.224. The molecule has 2 nitrogen and oxygen atoms in total. The molecule has 0 aromatic heterocycles. The first kappa shape index (κ1) is 34.9. The smallest absolute Gasteiger partial charge is 0.432 e. The van der Waals surface area contributed by atoms with Crippen LogP contribution < -0.4 is 9.47 Å². The van der Waals surface area contributed by atoms with Crippen LogP contribution in [0.5, 0.6) is 11.5 Å². The fraction of sp³-hybridized carbons (Fsp3) is 0.562. The summed E-state index contributed by atoms with van der Waals surface area (Å²) in [7, 11) is 0. The van der Waals surface area contributed by atoms with Gasteiger partial charge in [-0.05, 0) is 76.0 Å². The van der Waals surface area contributed by atoms with E-state index in [9.17, 15) is 39.5 Å². The highest BCUT2D eigenvalue weighted by molar-refractivity contribution is 5.36. The van der Waals surface area contributed by atoms with Gasteiger partial charge in [0.1, 0.15) is 45.9 Å². The third-order valence-electron chi connectivity index (χ3n) is 8.89. The maximum Gasteiger partial charge on any atom is 0.432 e. The maximum atomic E-state index is 15.0. The van der Waals surface area contributed by atoms with Gasteiger partial charge in [-0.25, -0.2) is 17.6 Å². The van der Waals surface area contributed by atoms with Crippen molar-refractivity contribution in [1.29, 1.82) is 0 Å². The summed E-state index contributed by atoms with van der Waals surface area (Å²) in [5.41, 5.74) is -4.51. The van der Waals surface area contributed by atoms with E-state index in [-0.39, 0.29) is 43.0 Å². The first-order chi connectivity index (χ1) is 21.0. The summed E-state index contributed by atoms with van der Waals surface area (Å²) >= 11 is 0. The largest absolute Gasteiger partial charge is 0.432 e. The SMILES string of the molecule is CC=CCCC1CCC(C2CCC(C(F)(F)Oc3cc(F)c(C(F)(F)Oc4cc(F)c(C(F)(F)F)c(F)c4)c(F)c3)CC2)CC1. The van der Waals surface area contributed by atoms with Gasteiger partial charge in [0.2, 0.25) is 0 Å². The van der Waals surface area contributed by atoms with E-state index < -0.39 is 70.2 Å². The van der Waals surface area contributed by atoms with E-state index in [0.717, 1.165) is 38.5 Å². The topological polar surface area (TPSA) is 18.5 Å². The quantitative estimate of drug-likeness (QED) is 0.187. The van der Waals surface area contributed by atoms with Crippen LogP contribution in [0.3, 0.4) is 0 Å². The Hall–Kier alpha value is -2.99. The van der Waals surface area contributed by atoms with Crippen molar-refractivity contribution in [3.63, 3.8) is 0 Å². The number of hydrogen-bond donors (Lipinski definition) is 0. The minimum atomic E-state index is -5.50. The third kappa shape index (κ3) is 8.44. The van der Waals surface area contributed by atoms with Crippen molar-refractivity contribution in [1.82, 2.24) is 0 Å². The minimum absolute atomic E-state index is 0.0812. The molecule has 0 spiro atoms. The normalized spacial score (nSPS) is 23.4. The number of ether oxygens (including phenoxy) is 2. The second-order valence-electron chi connectivity index (χ2n) is 11.8. The van der Waals surface area contributed by atoms with E-state index in [2.05, 4.69) is 15.5 Å². The van der Waals surface area contributed by atoms with E-state index in [1.165, 1.54) is 0 Å². The number of allylic oxidation sites excluding steroid dienone is 2. The van der Waals surface area contributed by atoms with Gasteiger partial charge in [-0.15, -0.1) is 0 Å². The highest BCUT2D eigenvalue weighted by Gasteiger charge is 2.47. The molecule has 0 saturated heterocycles. The predicted octanol–water partition coefficient (Wildman–Crippen LogP) is 11.3. The van der Waals surface area contributed by atoms with Gasteiger partial charge in [0.05, 0.1) is 5.92 Å². The van der Waals surface area contributed by atoms with E-state index in [0.29, 0.717) is 24.7 Å². The van der Waals surface area contributed by atoms with Gasteiger partial charge in [0.15, 0.2) is 0 Å². The summed E-state index contributed by atoms with van der Waals surface area (Å²) in [5, 5.41) is 0. The van der Waals surface area contributed by atoms with Crippen LogP contribution in [0.25, 0.3) is 0 Å². The maximum absolute atomic E-state index is 15.0. The Bertz CT molecular complexity index is 1290. The molecule has 4 rings (SSSR count). The molecule has 0 bridgehead atoms. The fourth-order valence-corrected chi connectivity index (χ4v) is 6.58. The lowest BCUT2D eigenvalue weighted by atomic mass is 9.68. The molecular weight excluding hydrogens is 625 g/mol. The number of rotatable bonds is 10. The summed E-state index contributed by atoms with van der Waals surface area (Å²) in [6, 6.07) is -0.310. The number of alkyl halides is 7. The minimum Gasteiger partial charge on any atom is -0.432 e. The Morgan fingerprint density at radius 1 is 0.644 bits per heavy atom. The molecule has 0 unspecified atom stereocenters. The number of benzene rings is 2. The Labute approximate surface area is 253 Å². The van der Waals surface area contributed by atoms with Gasteiger partial charge in [0.25, 0.3) is 0 Å². The predicted molar refractivity (Wildman–Crippen MR) is 143 cm³/mol. The molecule has 0 atom stereocenters. The van der Waals surface area contributed by atoms with Crippen LogP contribution in [0.1, 0.15) is 82.3 Å².